The summed E-state index contributed by atoms with van der Waals surface area (Å²) in [5.41, 5.74) is -0.702. The standard InChI is InChI=1S/C29H35N5O7S/c1-34-12-5-3-2-4-8-19-16-29(19,27(37)33-42(39,40)22-10-11-22)32-25(35)23-14-21(15-24(23)26(34)36)41-28(38)31-20-9-6-7-18(13-20)17-30/h4,6-9,13,19,21-24H,2-3,5,10-12,14-16H2,1H3,(H,31,38)(H,32,35)(H,33,37). The number of carbonyl (C=O) groups excluding carboxylic acids is 4. The highest BCUT2D eigenvalue weighted by Crippen LogP contribution is 2.47. The number of rotatable bonds is 5. The molecule has 224 valence electrons. The minimum atomic E-state index is -3.83. The van der Waals surface area contributed by atoms with Crippen molar-refractivity contribution in [1.82, 2.24) is 14.9 Å². The van der Waals surface area contributed by atoms with Gasteiger partial charge in [-0.15, -0.1) is 0 Å². The normalized spacial score (nSPS) is 29.7. The van der Waals surface area contributed by atoms with Crippen LogP contribution in [0, 0.1) is 29.1 Å². The van der Waals surface area contributed by atoms with Gasteiger partial charge in [0.25, 0.3) is 5.91 Å². The van der Waals surface area contributed by atoms with Crippen LogP contribution in [0.5, 0.6) is 0 Å². The largest absolute Gasteiger partial charge is 0.446 e. The van der Waals surface area contributed by atoms with E-state index in [1.807, 2.05) is 18.2 Å². The predicted molar refractivity (Wildman–Crippen MR) is 151 cm³/mol. The molecule has 5 atom stereocenters. The second-order valence-electron chi connectivity index (χ2n) is 11.7. The molecule has 42 heavy (non-hydrogen) atoms. The van der Waals surface area contributed by atoms with Gasteiger partial charge in [0, 0.05) is 25.2 Å². The number of sulfonamides is 1. The second kappa shape index (κ2) is 11.8. The summed E-state index contributed by atoms with van der Waals surface area (Å²) in [6.07, 6.45) is 5.93. The van der Waals surface area contributed by atoms with E-state index in [0.29, 0.717) is 30.6 Å². The quantitative estimate of drug-likeness (QED) is 0.433. The highest BCUT2D eigenvalue weighted by molar-refractivity contribution is 7.91. The number of nitrogens with one attached hydrogen (secondary N) is 3. The molecular weight excluding hydrogens is 562 g/mol. The molecule has 4 aliphatic rings. The van der Waals surface area contributed by atoms with Crippen molar-refractivity contribution < 1.29 is 32.3 Å². The Hall–Kier alpha value is -3.92. The summed E-state index contributed by atoms with van der Waals surface area (Å²) in [6, 6.07) is 8.31. The first-order valence-corrected chi connectivity index (χ1v) is 15.8. The lowest BCUT2D eigenvalue weighted by Crippen LogP contribution is -2.54. The van der Waals surface area contributed by atoms with E-state index in [0.717, 1.165) is 19.3 Å². The monoisotopic (exact) mass is 597 g/mol. The van der Waals surface area contributed by atoms with Crippen molar-refractivity contribution in [3.05, 3.63) is 42.0 Å². The van der Waals surface area contributed by atoms with E-state index in [9.17, 15) is 27.6 Å². The molecule has 1 aromatic rings. The van der Waals surface area contributed by atoms with Crippen molar-refractivity contribution >= 4 is 39.5 Å². The lowest BCUT2D eigenvalue weighted by molar-refractivity contribution is -0.140. The van der Waals surface area contributed by atoms with E-state index in [1.165, 1.54) is 6.07 Å². The molecule has 1 aromatic carbocycles. The first-order chi connectivity index (χ1) is 20.0. The van der Waals surface area contributed by atoms with Crippen molar-refractivity contribution in [2.24, 2.45) is 17.8 Å². The Morgan fingerprint density at radius 3 is 2.67 bits per heavy atom. The number of fused-ring (bicyclic) bond motifs is 2. The Kier molecular flexibility index (Phi) is 8.28. The number of nitriles is 1. The molecule has 13 heteroatoms. The number of amides is 4. The molecule has 0 spiro atoms. The summed E-state index contributed by atoms with van der Waals surface area (Å²) in [7, 11) is -2.15. The first-order valence-electron chi connectivity index (χ1n) is 14.3. The number of nitrogens with zero attached hydrogens (tertiary/aromatic N) is 2. The number of carbonyl (C=O) groups is 4. The van der Waals surface area contributed by atoms with Crippen molar-refractivity contribution in [3.8, 4) is 6.07 Å². The maximum Gasteiger partial charge on any atom is 0.411 e. The Labute approximate surface area is 244 Å². The van der Waals surface area contributed by atoms with Gasteiger partial charge in [-0.05, 0) is 69.6 Å². The topological polar surface area (TPSA) is 175 Å². The van der Waals surface area contributed by atoms with Crippen molar-refractivity contribution in [2.75, 3.05) is 18.9 Å². The summed E-state index contributed by atoms with van der Waals surface area (Å²) in [5, 5.41) is 13.9. The number of allylic oxidation sites excluding steroid dienone is 1. The molecule has 4 amide bonds. The first kappa shape index (κ1) is 29.6. The Morgan fingerprint density at radius 1 is 1.17 bits per heavy atom. The lowest BCUT2D eigenvalue weighted by atomic mass is 9.93. The fraction of sp³-hybridized carbons (Fsp3) is 0.552. The third kappa shape index (κ3) is 6.43. The molecule has 3 saturated carbocycles. The summed E-state index contributed by atoms with van der Waals surface area (Å²) in [6.45, 7) is 0.507. The number of anilines is 1. The van der Waals surface area contributed by atoms with Crippen molar-refractivity contribution in [1.29, 1.82) is 5.26 Å². The molecule has 0 saturated heterocycles. The highest BCUT2D eigenvalue weighted by Gasteiger charge is 2.62. The van der Waals surface area contributed by atoms with Gasteiger partial charge >= 0.3 is 6.09 Å². The molecule has 1 heterocycles. The summed E-state index contributed by atoms with van der Waals surface area (Å²) < 4.78 is 32.9. The van der Waals surface area contributed by atoms with E-state index in [-0.39, 0.29) is 31.1 Å². The van der Waals surface area contributed by atoms with Gasteiger partial charge in [0.1, 0.15) is 11.6 Å². The summed E-state index contributed by atoms with van der Waals surface area (Å²) in [5.74, 6) is -3.63. The van der Waals surface area contributed by atoms with Gasteiger partial charge in [0.2, 0.25) is 21.8 Å². The SMILES string of the molecule is CN1CCCCC=CC2CC2(C(=O)NS(=O)(=O)C2CC2)NC(=O)C2CC(OC(=O)Nc3cccc(C#N)c3)CC2C1=O. The highest BCUT2D eigenvalue weighted by atomic mass is 32.2. The van der Waals surface area contributed by atoms with E-state index in [1.54, 1.807) is 30.1 Å². The van der Waals surface area contributed by atoms with E-state index in [2.05, 4.69) is 15.4 Å². The zero-order chi connectivity index (χ0) is 30.1. The van der Waals surface area contributed by atoms with Crippen molar-refractivity contribution in [2.45, 2.75) is 68.3 Å². The Balaban J connectivity index is 1.34. The Morgan fingerprint density at radius 2 is 1.93 bits per heavy atom. The molecular formula is C29H35N5O7S. The fourth-order valence-electron chi connectivity index (χ4n) is 5.86. The zero-order valence-corrected chi connectivity index (χ0v) is 24.2. The van der Waals surface area contributed by atoms with Gasteiger partial charge in [0.05, 0.1) is 28.7 Å². The van der Waals surface area contributed by atoms with Gasteiger partial charge in [-0.1, -0.05) is 18.2 Å². The fourth-order valence-corrected chi connectivity index (χ4v) is 7.22. The van der Waals surface area contributed by atoms with Gasteiger partial charge in [-0.2, -0.15) is 5.26 Å². The molecule has 0 aromatic heterocycles. The van der Waals surface area contributed by atoms with E-state index < -0.39 is 56.7 Å². The number of hydrogen-bond donors (Lipinski definition) is 3. The summed E-state index contributed by atoms with van der Waals surface area (Å²) >= 11 is 0. The van der Waals surface area contributed by atoms with Gasteiger partial charge in [0.15, 0.2) is 0 Å². The number of benzene rings is 1. The predicted octanol–water partition coefficient (Wildman–Crippen LogP) is 2.18. The molecule has 3 N–H and O–H groups in total. The zero-order valence-electron chi connectivity index (χ0n) is 23.4. The molecule has 3 fully saturated rings. The maximum atomic E-state index is 13.7. The minimum Gasteiger partial charge on any atom is -0.446 e. The smallest absolute Gasteiger partial charge is 0.411 e. The van der Waals surface area contributed by atoms with Gasteiger partial charge in [-0.3, -0.25) is 24.4 Å². The Bertz CT molecular complexity index is 1450. The van der Waals surface area contributed by atoms with Gasteiger partial charge in [-0.25, -0.2) is 13.2 Å². The van der Waals surface area contributed by atoms with Crippen LogP contribution in [-0.4, -0.2) is 67.6 Å². The maximum absolute atomic E-state index is 13.7. The van der Waals surface area contributed by atoms with Crippen LogP contribution in [-0.2, 0) is 29.1 Å². The van der Waals surface area contributed by atoms with Crippen LogP contribution in [0.1, 0.15) is 56.9 Å². The van der Waals surface area contributed by atoms with Crippen LogP contribution in [0.2, 0.25) is 0 Å². The minimum absolute atomic E-state index is 0.0559. The van der Waals surface area contributed by atoms with Crippen molar-refractivity contribution in [3.63, 3.8) is 0 Å². The van der Waals surface area contributed by atoms with Crippen LogP contribution in [0.15, 0.2) is 36.4 Å². The molecule has 5 rings (SSSR count). The van der Waals surface area contributed by atoms with Crippen LogP contribution in [0.4, 0.5) is 10.5 Å². The van der Waals surface area contributed by atoms with E-state index >= 15 is 0 Å². The molecule has 0 bridgehead atoms. The van der Waals surface area contributed by atoms with Crippen LogP contribution in [0.25, 0.3) is 0 Å². The second-order valence-corrected chi connectivity index (χ2v) is 13.6. The molecule has 3 aliphatic carbocycles. The lowest BCUT2D eigenvalue weighted by Gasteiger charge is -2.26. The molecule has 0 radical (unpaired) electrons. The third-order valence-corrected chi connectivity index (χ3v) is 10.3. The van der Waals surface area contributed by atoms with Crippen LogP contribution < -0.4 is 15.4 Å². The van der Waals surface area contributed by atoms with E-state index in [4.69, 9.17) is 10.00 Å². The number of ether oxygens (including phenoxy) is 1. The third-order valence-electron chi connectivity index (χ3n) is 8.51. The van der Waals surface area contributed by atoms with Gasteiger partial charge < -0.3 is 15.0 Å². The average molecular weight is 598 g/mol. The molecule has 12 nitrogen and oxygen atoms in total. The molecule has 1 aliphatic heterocycles. The average Bonchev–Trinajstić information content (AvgIpc) is 3.87. The van der Waals surface area contributed by atoms with Crippen LogP contribution in [0.3, 0.4) is 0 Å². The molecule has 5 unspecified atom stereocenters. The van der Waals surface area contributed by atoms with Crippen LogP contribution >= 0.6 is 0 Å². The summed E-state index contributed by atoms with van der Waals surface area (Å²) in [4.78, 5) is 54.8. The number of hydrogen-bond acceptors (Lipinski definition) is 8.